The van der Waals surface area contributed by atoms with Crippen LogP contribution < -0.4 is 9.47 Å². The summed E-state index contributed by atoms with van der Waals surface area (Å²) in [5, 5.41) is 0. The number of carbonyl (C=O) groups is 1. The third kappa shape index (κ3) is 2.59. The van der Waals surface area contributed by atoms with Crippen molar-refractivity contribution in [3.05, 3.63) is 47.0 Å². The molecule has 0 atom stereocenters. The Labute approximate surface area is 121 Å². The topological polar surface area (TPSA) is 35.5 Å². The van der Waals surface area contributed by atoms with Crippen molar-refractivity contribution >= 4 is 6.29 Å². The summed E-state index contributed by atoms with van der Waals surface area (Å²) in [5.41, 5.74) is 0.638. The maximum Gasteiger partial charge on any atom is 0.166 e. The lowest BCUT2D eigenvalue weighted by molar-refractivity contribution is 0.112. The number of rotatable bonds is 4. The van der Waals surface area contributed by atoms with Crippen molar-refractivity contribution in [1.82, 2.24) is 0 Å². The molecule has 0 aromatic heterocycles. The average Bonchev–Trinajstić information content (AvgIpc) is 2.51. The Kier molecular flexibility index (Phi) is 4.21. The molecule has 0 unspecified atom stereocenters. The van der Waals surface area contributed by atoms with E-state index in [-0.39, 0.29) is 22.3 Å². The van der Waals surface area contributed by atoms with E-state index in [2.05, 4.69) is 0 Å². The molecule has 110 valence electrons. The van der Waals surface area contributed by atoms with Gasteiger partial charge in [0.05, 0.1) is 14.2 Å². The maximum absolute atomic E-state index is 14.1. The van der Waals surface area contributed by atoms with E-state index < -0.39 is 11.6 Å². The van der Waals surface area contributed by atoms with E-state index in [0.29, 0.717) is 17.8 Å². The lowest BCUT2D eigenvalue weighted by Crippen LogP contribution is -1.99. The van der Waals surface area contributed by atoms with Crippen LogP contribution in [0.1, 0.15) is 15.9 Å². The zero-order valence-electron chi connectivity index (χ0n) is 11.9. The molecule has 0 fully saturated rings. The molecule has 0 spiro atoms. The number of aryl methyl sites for hydroxylation is 1. The summed E-state index contributed by atoms with van der Waals surface area (Å²) in [7, 11) is 2.85. The minimum atomic E-state index is -0.995. The van der Waals surface area contributed by atoms with Crippen molar-refractivity contribution in [2.24, 2.45) is 0 Å². The number of methoxy groups -OCH3 is 2. The molecule has 0 heterocycles. The number of carbonyl (C=O) groups excluding carboxylic acids is 1. The summed E-state index contributed by atoms with van der Waals surface area (Å²) in [6.07, 6.45) is 0.564. The van der Waals surface area contributed by atoms with Gasteiger partial charge in [-0.3, -0.25) is 4.79 Å². The first kappa shape index (κ1) is 15.0. The summed E-state index contributed by atoms with van der Waals surface area (Å²) in [6, 6.07) is 5.77. The van der Waals surface area contributed by atoms with Crippen LogP contribution in [0, 0.1) is 18.6 Å². The molecule has 0 N–H and O–H groups in total. The molecule has 0 aliphatic heterocycles. The van der Waals surface area contributed by atoms with Gasteiger partial charge in [0.2, 0.25) is 0 Å². The van der Waals surface area contributed by atoms with Crippen LogP contribution in [-0.4, -0.2) is 20.5 Å². The predicted octanol–water partition coefficient (Wildman–Crippen LogP) is 3.77. The maximum atomic E-state index is 14.1. The van der Waals surface area contributed by atoms with Crippen molar-refractivity contribution in [3.63, 3.8) is 0 Å². The fourth-order valence-electron chi connectivity index (χ4n) is 2.08. The Hall–Kier alpha value is -2.43. The lowest BCUT2D eigenvalue weighted by atomic mass is 9.97. The summed E-state index contributed by atoms with van der Waals surface area (Å²) < 4.78 is 38.1. The normalized spacial score (nSPS) is 10.3. The number of hydrogen-bond acceptors (Lipinski definition) is 3. The Morgan fingerprint density at radius 2 is 1.57 bits per heavy atom. The van der Waals surface area contributed by atoms with E-state index in [1.165, 1.54) is 45.4 Å². The van der Waals surface area contributed by atoms with Crippen LogP contribution >= 0.6 is 0 Å². The minimum absolute atomic E-state index is 0.00107. The Bertz CT molecular complexity index is 696. The number of hydrogen-bond donors (Lipinski definition) is 0. The van der Waals surface area contributed by atoms with Gasteiger partial charge in [-0.05, 0) is 30.2 Å². The molecule has 0 bridgehead atoms. The van der Waals surface area contributed by atoms with Gasteiger partial charge in [0, 0.05) is 11.1 Å². The van der Waals surface area contributed by atoms with Crippen molar-refractivity contribution in [1.29, 1.82) is 0 Å². The van der Waals surface area contributed by atoms with Crippen LogP contribution in [0.5, 0.6) is 11.5 Å². The molecule has 0 amide bonds. The van der Waals surface area contributed by atoms with Crippen LogP contribution in [0.2, 0.25) is 0 Å². The molecular weight excluding hydrogens is 278 g/mol. The zero-order chi connectivity index (χ0) is 15.6. The molecule has 2 rings (SSSR count). The van der Waals surface area contributed by atoms with Crippen molar-refractivity contribution in [2.45, 2.75) is 6.92 Å². The van der Waals surface area contributed by atoms with Gasteiger partial charge in [-0.15, -0.1) is 0 Å². The fraction of sp³-hybridized carbons (Fsp3) is 0.188. The number of halogens is 2. The Balaban J connectivity index is 2.74. The molecule has 2 aromatic carbocycles. The highest BCUT2D eigenvalue weighted by atomic mass is 19.2. The fourth-order valence-corrected chi connectivity index (χ4v) is 2.08. The van der Waals surface area contributed by atoms with E-state index in [1.807, 2.05) is 0 Å². The van der Waals surface area contributed by atoms with Gasteiger partial charge < -0.3 is 9.47 Å². The summed E-state index contributed by atoms with van der Waals surface area (Å²) >= 11 is 0. The zero-order valence-corrected chi connectivity index (χ0v) is 11.9. The monoisotopic (exact) mass is 292 g/mol. The van der Waals surface area contributed by atoms with Crippen LogP contribution in [-0.2, 0) is 0 Å². The second-order valence-electron chi connectivity index (χ2n) is 4.47. The van der Waals surface area contributed by atoms with Crippen LogP contribution in [0.4, 0.5) is 8.78 Å². The highest BCUT2D eigenvalue weighted by molar-refractivity contribution is 5.89. The first-order valence-electron chi connectivity index (χ1n) is 6.19. The molecule has 5 heteroatoms. The SMILES string of the molecule is COc1cc(C=O)c(-c2ccc(C)c(F)c2F)cc1OC. The minimum Gasteiger partial charge on any atom is -0.493 e. The van der Waals surface area contributed by atoms with E-state index in [0.717, 1.165) is 0 Å². The van der Waals surface area contributed by atoms with Gasteiger partial charge in [-0.2, -0.15) is 0 Å². The standard InChI is InChI=1S/C16H14F2O3/c1-9-4-5-11(16(18)15(9)17)12-7-14(21-3)13(20-2)6-10(12)8-19/h4-8H,1-3H3. The van der Waals surface area contributed by atoms with Crippen molar-refractivity contribution < 1.29 is 23.0 Å². The van der Waals surface area contributed by atoms with Gasteiger partial charge >= 0.3 is 0 Å². The number of benzene rings is 2. The number of ether oxygens (including phenoxy) is 2. The molecule has 0 saturated heterocycles. The first-order valence-corrected chi connectivity index (χ1v) is 6.19. The molecule has 0 saturated carbocycles. The van der Waals surface area contributed by atoms with Gasteiger partial charge in [-0.1, -0.05) is 12.1 Å². The highest BCUT2D eigenvalue weighted by Gasteiger charge is 2.18. The van der Waals surface area contributed by atoms with Crippen molar-refractivity contribution in [2.75, 3.05) is 14.2 Å². The average molecular weight is 292 g/mol. The first-order chi connectivity index (χ1) is 10.0. The molecule has 0 aliphatic carbocycles. The van der Waals surface area contributed by atoms with Crippen molar-refractivity contribution in [3.8, 4) is 22.6 Å². The second kappa shape index (κ2) is 5.91. The molecular formula is C16H14F2O3. The van der Waals surface area contributed by atoms with Gasteiger partial charge in [0.15, 0.2) is 29.4 Å². The van der Waals surface area contributed by atoms with Crippen LogP contribution in [0.25, 0.3) is 11.1 Å². The van der Waals surface area contributed by atoms with Gasteiger partial charge in [-0.25, -0.2) is 8.78 Å². The summed E-state index contributed by atoms with van der Waals surface area (Å²) in [4.78, 5) is 11.2. The summed E-state index contributed by atoms with van der Waals surface area (Å²) in [6.45, 7) is 1.47. The van der Waals surface area contributed by atoms with E-state index in [4.69, 9.17) is 9.47 Å². The molecule has 0 aliphatic rings. The Morgan fingerprint density at radius 1 is 0.952 bits per heavy atom. The molecule has 0 radical (unpaired) electrons. The van der Waals surface area contributed by atoms with Gasteiger partial charge in [0.25, 0.3) is 0 Å². The number of aldehydes is 1. The largest absolute Gasteiger partial charge is 0.493 e. The predicted molar refractivity (Wildman–Crippen MR) is 75.0 cm³/mol. The molecule has 3 nitrogen and oxygen atoms in total. The van der Waals surface area contributed by atoms with E-state index in [9.17, 15) is 13.6 Å². The second-order valence-corrected chi connectivity index (χ2v) is 4.47. The summed E-state index contributed by atoms with van der Waals surface area (Å²) in [5.74, 6) is -1.25. The molecule has 21 heavy (non-hydrogen) atoms. The third-order valence-corrected chi connectivity index (χ3v) is 3.25. The van der Waals surface area contributed by atoms with Crippen LogP contribution in [0.15, 0.2) is 24.3 Å². The smallest absolute Gasteiger partial charge is 0.166 e. The highest BCUT2D eigenvalue weighted by Crippen LogP contribution is 2.36. The molecule has 2 aromatic rings. The van der Waals surface area contributed by atoms with Gasteiger partial charge in [0.1, 0.15) is 0 Å². The third-order valence-electron chi connectivity index (χ3n) is 3.25. The van der Waals surface area contributed by atoms with Crippen LogP contribution in [0.3, 0.4) is 0 Å². The lowest BCUT2D eigenvalue weighted by Gasteiger charge is -2.13. The quantitative estimate of drug-likeness (QED) is 0.805. The van der Waals surface area contributed by atoms with E-state index >= 15 is 0 Å². The Morgan fingerprint density at radius 3 is 2.14 bits per heavy atom. The van der Waals surface area contributed by atoms with E-state index in [1.54, 1.807) is 0 Å².